The van der Waals surface area contributed by atoms with Gasteiger partial charge in [0, 0.05) is 25.5 Å². The number of benzene rings is 3. The fourth-order valence-corrected chi connectivity index (χ4v) is 3.27. The van der Waals surface area contributed by atoms with Crippen molar-refractivity contribution in [3.63, 3.8) is 0 Å². The molecule has 0 aliphatic carbocycles. The Kier molecular flexibility index (Phi) is 6.86. The van der Waals surface area contributed by atoms with Crippen LogP contribution in [0.15, 0.2) is 78.9 Å². The summed E-state index contributed by atoms with van der Waals surface area (Å²) >= 11 is 0. The molecular weight excluding hydrogens is 374 g/mol. The van der Waals surface area contributed by atoms with Crippen LogP contribution in [0.25, 0.3) is 0 Å². The van der Waals surface area contributed by atoms with Gasteiger partial charge in [0.25, 0.3) is 5.91 Å². The second kappa shape index (κ2) is 9.74. The van der Waals surface area contributed by atoms with Gasteiger partial charge in [-0.2, -0.15) is 0 Å². The van der Waals surface area contributed by atoms with Crippen molar-refractivity contribution in [2.24, 2.45) is 0 Å². The van der Waals surface area contributed by atoms with E-state index in [9.17, 15) is 9.59 Å². The highest BCUT2D eigenvalue weighted by Gasteiger charge is 2.17. The van der Waals surface area contributed by atoms with Crippen LogP contribution in [0.2, 0.25) is 0 Å². The summed E-state index contributed by atoms with van der Waals surface area (Å²) in [6, 6.07) is 24.6. The summed E-state index contributed by atoms with van der Waals surface area (Å²) in [5, 5.41) is 5.95. The van der Waals surface area contributed by atoms with Crippen molar-refractivity contribution in [3.05, 3.63) is 95.6 Å². The SMILES string of the molecule is CC(NC(=O)c1cc(NC(=O)Cc2ccccc2)ccc1N(C)C)c1ccccc1. The number of rotatable bonds is 7. The van der Waals surface area contributed by atoms with E-state index in [2.05, 4.69) is 10.6 Å². The summed E-state index contributed by atoms with van der Waals surface area (Å²) in [4.78, 5) is 27.3. The second-order valence-corrected chi connectivity index (χ2v) is 7.44. The number of amides is 2. The summed E-state index contributed by atoms with van der Waals surface area (Å²) in [5.41, 5.74) is 3.87. The van der Waals surface area contributed by atoms with Gasteiger partial charge < -0.3 is 15.5 Å². The Bertz CT molecular complexity index is 1000. The van der Waals surface area contributed by atoms with E-state index >= 15 is 0 Å². The molecule has 0 saturated heterocycles. The molecule has 0 fully saturated rings. The van der Waals surface area contributed by atoms with E-state index < -0.39 is 0 Å². The molecule has 3 aromatic carbocycles. The van der Waals surface area contributed by atoms with Crippen molar-refractivity contribution in [2.75, 3.05) is 24.3 Å². The van der Waals surface area contributed by atoms with E-state index in [-0.39, 0.29) is 24.3 Å². The van der Waals surface area contributed by atoms with E-state index in [4.69, 9.17) is 0 Å². The molecular formula is C25H27N3O2. The van der Waals surface area contributed by atoms with Crippen molar-refractivity contribution in [1.82, 2.24) is 5.32 Å². The first kappa shape index (κ1) is 21.1. The summed E-state index contributed by atoms with van der Waals surface area (Å²) in [5.74, 6) is -0.308. The van der Waals surface area contributed by atoms with Crippen molar-refractivity contribution in [1.29, 1.82) is 0 Å². The number of carbonyl (C=O) groups excluding carboxylic acids is 2. The molecule has 1 unspecified atom stereocenters. The molecule has 0 spiro atoms. The van der Waals surface area contributed by atoms with Crippen LogP contribution in [-0.2, 0) is 11.2 Å². The molecule has 0 aromatic heterocycles. The number of nitrogens with one attached hydrogen (secondary N) is 2. The maximum absolute atomic E-state index is 13.0. The lowest BCUT2D eigenvalue weighted by Crippen LogP contribution is -2.28. The van der Waals surface area contributed by atoms with Gasteiger partial charge in [0.2, 0.25) is 5.91 Å². The van der Waals surface area contributed by atoms with E-state index in [1.165, 1.54) is 0 Å². The molecule has 0 heterocycles. The Labute approximate surface area is 177 Å². The molecule has 3 aromatic rings. The molecule has 5 nitrogen and oxygen atoms in total. The number of anilines is 2. The van der Waals surface area contributed by atoms with Crippen LogP contribution >= 0.6 is 0 Å². The highest BCUT2D eigenvalue weighted by Crippen LogP contribution is 2.24. The van der Waals surface area contributed by atoms with Gasteiger partial charge in [-0.1, -0.05) is 60.7 Å². The summed E-state index contributed by atoms with van der Waals surface area (Å²) in [6.07, 6.45) is 0.281. The number of hydrogen-bond donors (Lipinski definition) is 2. The van der Waals surface area contributed by atoms with Crippen LogP contribution in [0, 0.1) is 0 Å². The molecule has 0 aliphatic rings. The third kappa shape index (κ3) is 5.47. The fraction of sp³-hybridized carbons (Fsp3) is 0.200. The topological polar surface area (TPSA) is 61.4 Å². The standard InChI is InChI=1S/C25H27N3O2/c1-18(20-12-8-5-9-13-20)26-25(30)22-17-21(14-15-23(22)28(2)3)27-24(29)16-19-10-6-4-7-11-19/h4-15,17-18H,16H2,1-3H3,(H,26,30)(H,27,29). The summed E-state index contributed by atoms with van der Waals surface area (Å²) in [6.45, 7) is 1.95. The number of carbonyl (C=O) groups is 2. The lowest BCUT2D eigenvalue weighted by molar-refractivity contribution is -0.115. The molecule has 1 atom stereocenters. The lowest BCUT2D eigenvalue weighted by atomic mass is 10.1. The Morgan fingerprint density at radius 2 is 1.53 bits per heavy atom. The van der Waals surface area contributed by atoms with E-state index in [1.807, 2.05) is 98.7 Å². The van der Waals surface area contributed by atoms with Crippen molar-refractivity contribution in [2.45, 2.75) is 19.4 Å². The van der Waals surface area contributed by atoms with Crippen LogP contribution in [0.4, 0.5) is 11.4 Å². The Hall–Kier alpha value is -3.60. The predicted octanol–water partition coefficient (Wildman–Crippen LogP) is 4.42. The molecule has 0 aliphatic heterocycles. The summed E-state index contributed by atoms with van der Waals surface area (Å²) in [7, 11) is 3.78. The van der Waals surface area contributed by atoms with Gasteiger partial charge in [0.15, 0.2) is 0 Å². The highest BCUT2D eigenvalue weighted by atomic mass is 16.2. The molecule has 2 amide bonds. The van der Waals surface area contributed by atoms with Gasteiger partial charge >= 0.3 is 0 Å². The van der Waals surface area contributed by atoms with E-state index in [0.717, 1.165) is 16.8 Å². The Balaban J connectivity index is 1.77. The Morgan fingerprint density at radius 1 is 0.900 bits per heavy atom. The molecule has 0 saturated carbocycles. The van der Waals surface area contributed by atoms with Gasteiger partial charge in [0.1, 0.15) is 0 Å². The lowest BCUT2D eigenvalue weighted by Gasteiger charge is -2.20. The molecule has 5 heteroatoms. The first-order chi connectivity index (χ1) is 14.4. The number of nitrogens with zero attached hydrogens (tertiary/aromatic N) is 1. The van der Waals surface area contributed by atoms with Crippen molar-refractivity contribution >= 4 is 23.2 Å². The average Bonchev–Trinajstić information content (AvgIpc) is 2.74. The normalized spacial score (nSPS) is 11.4. The predicted molar refractivity (Wildman–Crippen MR) is 122 cm³/mol. The monoisotopic (exact) mass is 401 g/mol. The second-order valence-electron chi connectivity index (χ2n) is 7.44. The number of hydrogen-bond acceptors (Lipinski definition) is 3. The first-order valence-corrected chi connectivity index (χ1v) is 9.95. The first-order valence-electron chi connectivity index (χ1n) is 9.95. The largest absolute Gasteiger partial charge is 0.377 e. The van der Waals surface area contributed by atoms with Crippen LogP contribution in [0.3, 0.4) is 0 Å². The van der Waals surface area contributed by atoms with Gasteiger partial charge in [-0.05, 0) is 36.2 Å². The molecule has 2 N–H and O–H groups in total. The zero-order valence-corrected chi connectivity index (χ0v) is 17.6. The van der Waals surface area contributed by atoms with Crippen molar-refractivity contribution < 1.29 is 9.59 Å². The van der Waals surface area contributed by atoms with E-state index in [1.54, 1.807) is 6.07 Å². The molecule has 0 radical (unpaired) electrons. The minimum atomic E-state index is -0.186. The molecule has 0 bridgehead atoms. The van der Waals surface area contributed by atoms with Gasteiger partial charge in [-0.3, -0.25) is 9.59 Å². The zero-order chi connectivity index (χ0) is 21.5. The van der Waals surface area contributed by atoms with E-state index in [0.29, 0.717) is 11.3 Å². The minimum Gasteiger partial charge on any atom is -0.377 e. The molecule has 30 heavy (non-hydrogen) atoms. The molecule has 3 rings (SSSR count). The summed E-state index contributed by atoms with van der Waals surface area (Å²) < 4.78 is 0. The molecule has 154 valence electrons. The quantitative estimate of drug-likeness (QED) is 0.616. The zero-order valence-electron chi connectivity index (χ0n) is 17.6. The highest BCUT2D eigenvalue weighted by molar-refractivity contribution is 6.02. The average molecular weight is 402 g/mol. The third-order valence-electron chi connectivity index (χ3n) is 4.86. The Morgan fingerprint density at radius 3 is 2.17 bits per heavy atom. The van der Waals surface area contributed by atoms with Crippen molar-refractivity contribution in [3.8, 4) is 0 Å². The third-order valence-corrected chi connectivity index (χ3v) is 4.86. The van der Waals surface area contributed by atoms with Crippen LogP contribution in [0.5, 0.6) is 0 Å². The minimum absolute atomic E-state index is 0.122. The van der Waals surface area contributed by atoms with Crippen LogP contribution in [0.1, 0.15) is 34.5 Å². The van der Waals surface area contributed by atoms with Gasteiger partial charge in [-0.25, -0.2) is 0 Å². The van der Waals surface area contributed by atoms with Gasteiger partial charge in [-0.15, -0.1) is 0 Å². The van der Waals surface area contributed by atoms with Crippen LogP contribution in [-0.4, -0.2) is 25.9 Å². The maximum Gasteiger partial charge on any atom is 0.253 e. The maximum atomic E-state index is 13.0. The van der Waals surface area contributed by atoms with Crippen LogP contribution < -0.4 is 15.5 Å². The fourth-order valence-electron chi connectivity index (χ4n) is 3.27. The smallest absolute Gasteiger partial charge is 0.253 e. The van der Waals surface area contributed by atoms with Gasteiger partial charge in [0.05, 0.1) is 18.0 Å².